The molecular weight excluding hydrogens is 312 g/mol. The molecule has 0 spiro atoms. The number of hydrogen-bond acceptors (Lipinski definition) is 4. The normalized spacial score (nSPS) is 10.5. The molecule has 5 nitrogen and oxygen atoms in total. The molecule has 0 saturated carbocycles. The third kappa shape index (κ3) is 4.45. The van der Waals surface area contributed by atoms with Crippen molar-refractivity contribution in [2.45, 2.75) is 26.4 Å². The zero-order chi connectivity index (χ0) is 14.6. The number of amides is 1. The molecule has 6 heteroatoms. The van der Waals surface area contributed by atoms with Crippen LogP contribution in [0, 0.1) is 11.3 Å². The first kappa shape index (κ1) is 15.3. The van der Waals surface area contributed by atoms with Gasteiger partial charge in [0.2, 0.25) is 0 Å². The quantitative estimate of drug-likeness (QED) is 0.899. The maximum atomic E-state index is 11.7. The summed E-state index contributed by atoms with van der Waals surface area (Å²) in [5.41, 5.74) is 0.0615. The number of nitriles is 1. The zero-order valence-corrected chi connectivity index (χ0v) is 12.8. The molecule has 1 aromatic rings. The summed E-state index contributed by atoms with van der Waals surface area (Å²) in [5.74, 6) is 0.519. The van der Waals surface area contributed by atoms with Gasteiger partial charge in [-0.25, -0.2) is 4.79 Å². The van der Waals surface area contributed by atoms with Crippen LogP contribution in [0.4, 0.5) is 10.5 Å². The van der Waals surface area contributed by atoms with Crippen LogP contribution in [0.1, 0.15) is 26.3 Å². The van der Waals surface area contributed by atoms with Gasteiger partial charge in [0.25, 0.3) is 0 Å². The summed E-state index contributed by atoms with van der Waals surface area (Å²) >= 11 is 3.28. The van der Waals surface area contributed by atoms with E-state index in [1.54, 1.807) is 32.9 Å². The second-order valence-electron chi connectivity index (χ2n) is 4.77. The first-order valence-electron chi connectivity index (χ1n) is 5.54. The van der Waals surface area contributed by atoms with Crippen molar-refractivity contribution in [3.05, 3.63) is 22.2 Å². The van der Waals surface area contributed by atoms with Crippen LogP contribution in [-0.2, 0) is 4.74 Å². The molecule has 0 aliphatic rings. The molecule has 0 fully saturated rings. The average molecular weight is 327 g/mol. The summed E-state index contributed by atoms with van der Waals surface area (Å²) in [7, 11) is 1.50. The van der Waals surface area contributed by atoms with E-state index in [0.29, 0.717) is 21.5 Å². The smallest absolute Gasteiger partial charge is 0.412 e. The highest BCUT2D eigenvalue weighted by Gasteiger charge is 2.18. The second kappa shape index (κ2) is 5.93. The molecule has 1 aromatic carbocycles. The molecule has 0 atom stereocenters. The van der Waals surface area contributed by atoms with E-state index < -0.39 is 11.7 Å². The lowest BCUT2D eigenvalue weighted by Crippen LogP contribution is -2.27. The van der Waals surface area contributed by atoms with E-state index in [1.165, 1.54) is 7.11 Å². The van der Waals surface area contributed by atoms with Crippen molar-refractivity contribution in [2.24, 2.45) is 0 Å². The maximum Gasteiger partial charge on any atom is 0.412 e. The number of nitrogens with one attached hydrogen (secondary N) is 1. The van der Waals surface area contributed by atoms with E-state index in [2.05, 4.69) is 21.2 Å². The van der Waals surface area contributed by atoms with Gasteiger partial charge in [-0.2, -0.15) is 5.26 Å². The summed E-state index contributed by atoms with van der Waals surface area (Å²) in [6.07, 6.45) is -0.617. The summed E-state index contributed by atoms with van der Waals surface area (Å²) < 4.78 is 10.9. The lowest BCUT2D eigenvalue weighted by molar-refractivity contribution is 0.0636. The van der Waals surface area contributed by atoms with Crippen molar-refractivity contribution in [1.82, 2.24) is 0 Å². The largest absolute Gasteiger partial charge is 0.495 e. The Hall–Kier alpha value is -1.74. The fraction of sp³-hybridized carbons (Fsp3) is 0.385. The number of methoxy groups -OCH3 is 1. The van der Waals surface area contributed by atoms with E-state index in [9.17, 15) is 4.79 Å². The van der Waals surface area contributed by atoms with Crippen LogP contribution in [0.15, 0.2) is 16.6 Å². The number of rotatable bonds is 2. The number of benzene rings is 1. The highest BCUT2D eigenvalue weighted by atomic mass is 79.9. The third-order valence-electron chi connectivity index (χ3n) is 2.05. The number of anilines is 1. The minimum atomic E-state index is -0.617. The van der Waals surface area contributed by atoms with Crippen LogP contribution in [0.2, 0.25) is 0 Å². The number of ether oxygens (including phenoxy) is 2. The average Bonchev–Trinajstić information content (AvgIpc) is 2.28. The van der Waals surface area contributed by atoms with Gasteiger partial charge in [-0.05, 0) is 42.8 Å². The molecular formula is C13H15BrN2O3. The van der Waals surface area contributed by atoms with Crippen molar-refractivity contribution in [1.29, 1.82) is 5.26 Å². The van der Waals surface area contributed by atoms with Crippen molar-refractivity contribution in [2.75, 3.05) is 12.4 Å². The number of nitrogens with zero attached hydrogens (tertiary/aromatic N) is 1. The number of halogens is 1. The van der Waals surface area contributed by atoms with Crippen molar-refractivity contribution in [3.8, 4) is 11.8 Å². The van der Waals surface area contributed by atoms with Crippen LogP contribution in [0.3, 0.4) is 0 Å². The van der Waals surface area contributed by atoms with E-state index in [1.807, 2.05) is 6.07 Å². The topological polar surface area (TPSA) is 71.3 Å². The van der Waals surface area contributed by atoms with Crippen molar-refractivity contribution in [3.63, 3.8) is 0 Å². The van der Waals surface area contributed by atoms with E-state index in [4.69, 9.17) is 14.7 Å². The maximum absolute atomic E-state index is 11.7. The van der Waals surface area contributed by atoms with Crippen molar-refractivity contribution >= 4 is 27.7 Å². The predicted octanol–water partition coefficient (Wildman–Crippen LogP) is 3.68. The molecule has 1 rings (SSSR count). The molecule has 102 valence electrons. The monoisotopic (exact) mass is 326 g/mol. The SMILES string of the molecule is COc1cc(NC(=O)OC(C)(C)C)c(C#N)cc1Br. The summed E-state index contributed by atoms with van der Waals surface area (Å²) in [6.45, 7) is 5.29. The predicted molar refractivity (Wildman–Crippen MR) is 75.3 cm³/mol. The van der Waals surface area contributed by atoms with E-state index in [0.717, 1.165) is 0 Å². The van der Waals surface area contributed by atoms with Gasteiger partial charge in [-0.15, -0.1) is 0 Å². The zero-order valence-electron chi connectivity index (χ0n) is 11.2. The molecule has 0 aliphatic heterocycles. The minimum absolute atomic E-state index is 0.318. The Morgan fingerprint density at radius 2 is 2.05 bits per heavy atom. The Morgan fingerprint density at radius 3 is 2.53 bits per heavy atom. The highest BCUT2D eigenvalue weighted by Crippen LogP contribution is 2.31. The van der Waals surface area contributed by atoms with Gasteiger partial charge in [0.05, 0.1) is 22.8 Å². The number of hydrogen-bond donors (Lipinski definition) is 1. The first-order chi connectivity index (χ1) is 8.76. The fourth-order valence-corrected chi connectivity index (χ4v) is 1.82. The lowest BCUT2D eigenvalue weighted by Gasteiger charge is -2.20. The molecule has 0 radical (unpaired) electrons. The van der Waals surface area contributed by atoms with Gasteiger partial charge in [-0.3, -0.25) is 5.32 Å². The Balaban J connectivity index is 3.01. The van der Waals surface area contributed by atoms with Gasteiger partial charge >= 0.3 is 6.09 Å². The Labute approximate surface area is 120 Å². The highest BCUT2D eigenvalue weighted by molar-refractivity contribution is 9.10. The molecule has 1 amide bonds. The molecule has 0 bridgehead atoms. The molecule has 0 aliphatic carbocycles. The molecule has 0 heterocycles. The van der Waals surface area contributed by atoms with Gasteiger partial charge in [0.15, 0.2) is 0 Å². The van der Waals surface area contributed by atoms with Crippen molar-refractivity contribution < 1.29 is 14.3 Å². The second-order valence-corrected chi connectivity index (χ2v) is 5.63. The van der Waals surface area contributed by atoms with Gasteiger partial charge in [0.1, 0.15) is 17.4 Å². The Kier molecular flexibility index (Phi) is 4.78. The minimum Gasteiger partial charge on any atom is -0.495 e. The fourth-order valence-electron chi connectivity index (χ4n) is 1.32. The van der Waals surface area contributed by atoms with Crippen LogP contribution in [0.5, 0.6) is 5.75 Å². The van der Waals surface area contributed by atoms with Gasteiger partial charge in [-0.1, -0.05) is 0 Å². The molecule has 0 unspecified atom stereocenters. The van der Waals surface area contributed by atoms with Crippen LogP contribution < -0.4 is 10.1 Å². The van der Waals surface area contributed by atoms with Crippen LogP contribution >= 0.6 is 15.9 Å². The summed E-state index contributed by atoms with van der Waals surface area (Å²) in [6, 6.07) is 5.14. The standard InChI is InChI=1S/C13H15BrN2O3/c1-13(2,3)19-12(17)16-10-6-11(18-4)9(14)5-8(10)7-15/h5-6H,1-4H3,(H,16,17). The first-order valence-corrected chi connectivity index (χ1v) is 6.34. The summed E-state index contributed by atoms with van der Waals surface area (Å²) in [4.78, 5) is 11.7. The Morgan fingerprint density at radius 1 is 1.42 bits per heavy atom. The van der Waals surface area contributed by atoms with Gasteiger partial charge in [0, 0.05) is 6.07 Å². The molecule has 1 N–H and O–H groups in total. The van der Waals surface area contributed by atoms with E-state index >= 15 is 0 Å². The Bertz CT molecular complexity index is 530. The molecule has 19 heavy (non-hydrogen) atoms. The number of carbonyl (C=O) groups excluding carboxylic acids is 1. The van der Waals surface area contributed by atoms with Crippen LogP contribution in [0.25, 0.3) is 0 Å². The lowest BCUT2D eigenvalue weighted by atomic mass is 10.2. The third-order valence-corrected chi connectivity index (χ3v) is 2.67. The number of carbonyl (C=O) groups is 1. The summed E-state index contributed by atoms with van der Waals surface area (Å²) in [5, 5.41) is 11.6. The molecule has 0 saturated heterocycles. The van der Waals surface area contributed by atoms with Crippen LogP contribution in [-0.4, -0.2) is 18.8 Å². The molecule has 0 aromatic heterocycles. The van der Waals surface area contributed by atoms with Gasteiger partial charge < -0.3 is 9.47 Å². The van der Waals surface area contributed by atoms with E-state index in [-0.39, 0.29) is 0 Å².